The summed E-state index contributed by atoms with van der Waals surface area (Å²) in [5, 5.41) is 8.09. The topological polar surface area (TPSA) is 24.1 Å². The summed E-state index contributed by atoms with van der Waals surface area (Å²) in [5.74, 6) is 0.818. The number of hydrogen-bond donors (Lipinski definition) is 2. The molecule has 1 fully saturated rings. The van der Waals surface area contributed by atoms with Crippen LogP contribution in [0.1, 0.15) is 32.6 Å². The van der Waals surface area contributed by atoms with Gasteiger partial charge in [0.25, 0.3) is 0 Å². The molecule has 3 heteroatoms. The van der Waals surface area contributed by atoms with Gasteiger partial charge in [-0.1, -0.05) is 31.4 Å². The van der Waals surface area contributed by atoms with Gasteiger partial charge in [-0.2, -0.15) is 0 Å². The molecule has 1 aromatic carbocycles. The fourth-order valence-corrected chi connectivity index (χ4v) is 3.47. The van der Waals surface area contributed by atoms with E-state index in [1.54, 1.807) is 0 Å². The Balaban J connectivity index is 1.88. The van der Waals surface area contributed by atoms with Crippen molar-refractivity contribution in [3.05, 3.63) is 23.2 Å². The molecule has 0 bridgehead atoms. The highest BCUT2D eigenvalue weighted by Gasteiger charge is 2.37. The minimum Gasteiger partial charge on any atom is -0.381 e. The molecular formula is C14H19ClN2. The molecule has 0 amide bonds. The Labute approximate surface area is 108 Å². The maximum Gasteiger partial charge on any atom is 0.0595 e. The van der Waals surface area contributed by atoms with Crippen LogP contribution in [0.5, 0.6) is 0 Å². The molecule has 1 saturated carbocycles. The highest BCUT2D eigenvalue weighted by Crippen LogP contribution is 2.40. The average Bonchev–Trinajstić information content (AvgIpc) is 2.28. The van der Waals surface area contributed by atoms with E-state index < -0.39 is 0 Å². The molecule has 1 aliphatic heterocycles. The van der Waals surface area contributed by atoms with E-state index >= 15 is 0 Å². The quantitative estimate of drug-likeness (QED) is 0.724. The molecule has 3 rings (SSSR count). The van der Waals surface area contributed by atoms with Crippen molar-refractivity contribution < 1.29 is 0 Å². The molecular weight excluding hydrogens is 232 g/mol. The zero-order valence-corrected chi connectivity index (χ0v) is 11.0. The standard InChI is InChI=1S/C14H19ClN2/c1-10-3-2-6-14(8-10)9-16-12-5-4-11(15)7-13(12)17-14/h4-5,7,10,16-17H,2-3,6,8-9H2,1H3. The van der Waals surface area contributed by atoms with Crippen LogP contribution in [0.2, 0.25) is 5.02 Å². The van der Waals surface area contributed by atoms with Crippen molar-refractivity contribution >= 4 is 23.0 Å². The monoisotopic (exact) mass is 250 g/mol. The van der Waals surface area contributed by atoms with E-state index in [1.807, 2.05) is 12.1 Å². The summed E-state index contributed by atoms with van der Waals surface area (Å²) >= 11 is 6.06. The predicted octanol–water partition coefficient (Wildman–Crippen LogP) is 4.13. The summed E-state index contributed by atoms with van der Waals surface area (Å²) in [7, 11) is 0. The smallest absolute Gasteiger partial charge is 0.0595 e. The van der Waals surface area contributed by atoms with Gasteiger partial charge in [-0.25, -0.2) is 0 Å². The number of halogens is 1. The summed E-state index contributed by atoms with van der Waals surface area (Å²) in [5.41, 5.74) is 2.59. The normalized spacial score (nSPS) is 31.5. The first kappa shape index (κ1) is 11.2. The van der Waals surface area contributed by atoms with Crippen molar-refractivity contribution in [3.63, 3.8) is 0 Å². The van der Waals surface area contributed by atoms with Crippen LogP contribution in [-0.2, 0) is 0 Å². The molecule has 2 unspecified atom stereocenters. The molecule has 92 valence electrons. The van der Waals surface area contributed by atoms with Crippen LogP contribution in [-0.4, -0.2) is 12.1 Å². The molecule has 0 saturated heterocycles. The average molecular weight is 251 g/mol. The molecule has 1 spiro atoms. The Kier molecular flexibility index (Phi) is 2.70. The minimum absolute atomic E-state index is 0.245. The van der Waals surface area contributed by atoms with Gasteiger partial charge in [0, 0.05) is 11.6 Å². The molecule has 1 heterocycles. The maximum absolute atomic E-state index is 6.06. The largest absolute Gasteiger partial charge is 0.381 e. The zero-order valence-electron chi connectivity index (χ0n) is 10.2. The number of benzene rings is 1. The fourth-order valence-electron chi connectivity index (χ4n) is 3.30. The van der Waals surface area contributed by atoms with Crippen molar-refractivity contribution in [1.29, 1.82) is 0 Å². The maximum atomic E-state index is 6.06. The summed E-state index contributed by atoms with van der Waals surface area (Å²) in [4.78, 5) is 0. The lowest BCUT2D eigenvalue weighted by molar-refractivity contribution is 0.266. The van der Waals surface area contributed by atoms with Crippen molar-refractivity contribution in [2.75, 3.05) is 17.2 Å². The minimum atomic E-state index is 0.245. The first-order valence-electron chi connectivity index (χ1n) is 6.49. The lowest BCUT2D eigenvalue weighted by Crippen LogP contribution is -2.50. The van der Waals surface area contributed by atoms with E-state index in [2.05, 4.69) is 23.6 Å². The SMILES string of the molecule is CC1CCCC2(CNc3ccc(Cl)cc3N2)C1. The highest BCUT2D eigenvalue weighted by molar-refractivity contribution is 6.31. The molecule has 2 nitrogen and oxygen atoms in total. The van der Waals surface area contributed by atoms with E-state index in [4.69, 9.17) is 11.6 Å². The highest BCUT2D eigenvalue weighted by atomic mass is 35.5. The zero-order chi connectivity index (χ0) is 11.9. The third-order valence-corrected chi connectivity index (χ3v) is 4.33. The van der Waals surface area contributed by atoms with E-state index in [-0.39, 0.29) is 5.54 Å². The van der Waals surface area contributed by atoms with Gasteiger partial charge in [-0.3, -0.25) is 0 Å². The summed E-state index contributed by atoms with van der Waals surface area (Å²) in [6.07, 6.45) is 5.21. The number of hydrogen-bond acceptors (Lipinski definition) is 2. The van der Waals surface area contributed by atoms with E-state index in [9.17, 15) is 0 Å². The number of anilines is 2. The Bertz CT molecular complexity index is 432. The van der Waals surface area contributed by atoms with Crippen LogP contribution in [0.15, 0.2) is 18.2 Å². The van der Waals surface area contributed by atoms with Crippen molar-refractivity contribution in [2.45, 2.75) is 38.1 Å². The summed E-state index contributed by atoms with van der Waals surface area (Å²) in [6.45, 7) is 3.39. The van der Waals surface area contributed by atoms with Gasteiger partial charge in [-0.05, 0) is 37.0 Å². The Morgan fingerprint density at radius 2 is 2.24 bits per heavy atom. The van der Waals surface area contributed by atoms with Gasteiger partial charge in [0.1, 0.15) is 0 Å². The molecule has 2 N–H and O–H groups in total. The number of rotatable bonds is 0. The summed E-state index contributed by atoms with van der Waals surface area (Å²) in [6, 6.07) is 6.03. The van der Waals surface area contributed by atoms with Crippen LogP contribution in [0, 0.1) is 5.92 Å². The van der Waals surface area contributed by atoms with Gasteiger partial charge in [-0.15, -0.1) is 0 Å². The van der Waals surface area contributed by atoms with Gasteiger partial charge < -0.3 is 10.6 Å². The first-order chi connectivity index (χ1) is 8.17. The second kappa shape index (κ2) is 4.09. The Hall–Kier alpha value is -0.890. The van der Waals surface area contributed by atoms with Crippen LogP contribution < -0.4 is 10.6 Å². The van der Waals surface area contributed by atoms with Gasteiger partial charge in [0.2, 0.25) is 0 Å². The van der Waals surface area contributed by atoms with Gasteiger partial charge in [0.05, 0.1) is 16.9 Å². The molecule has 1 aliphatic carbocycles. The second-order valence-corrected chi connectivity index (χ2v) is 6.09. The van der Waals surface area contributed by atoms with E-state index in [0.717, 1.165) is 23.2 Å². The molecule has 0 aromatic heterocycles. The van der Waals surface area contributed by atoms with Crippen LogP contribution in [0.3, 0.4) is 0 Å². The molecule has 0 radical (unpaired) electrons. The van der Waals surface area contributed by atoms with Gasteiger partial charge in [0.15, 0.2) is 0 Å². The van der Waals surface area contributed by atoms with E-state index in [0.29, 0.717) is 0 Å². The van der Waals surface area contributed by atoms with Crippen molar-refractivity contribution in [2.24, 2.45) is 5.92 Å². The lowest BCUT2D eigenvalue weighted by Gasteiger charge is -2.45. The third-order valence-electron chi connectivity index (χ3n) is 4.09. The van der Waals surface area contributed by atoms with Crippen LogP contribution >= 0.6 is 11.6 Å². The Morgan fingerprint density at radius 3 is 3.06 bits per heavy atom. The van der Waals surface area contributed by atoms with Gasteiger partial charge >= 0.3 is 0 Å². The number of nitrogens with one attached hydrogen (secondary N) is 2. The Morgan fingerprint density at radius 1 is 1.35 bits per heavy atom. The second-order valence-electron chi connectivity index (χ2n) is 5.65. The number of fused-ring (bicyclic) bond motifs is 1. The molecule has 1 aromatic rings. The first-order valence-corrected chi connectivity index (χ1v) is 6.86. The third kappa shape index (κ3) is 2.11. The van der Waals surface area contributed by atoms with Crippen LogP contribution in [0.4, 0.5) is 11.4 Å². The molecule has 17 heavy (non-hydrogen) atoms. The lowest BCUT2D eigenvalue weighted by atomic mass is 9.75. The van der Waals surface area contributed by atoms with E-state index in [1.165, 1.54) is 31.4 Å². The van der Waals surface area contributed by atoms with Crippen molar-refractivity contribution in [3.8, 4) is 0 Å². The molecule has 2 aliphatic rings. The fraction of sp³-hybridized carbons (Fsp3) is 0.571. The molecule has 2 atom stereocenters. The van der Waals surface area contributed by atoms with Crippen molar-refractivity contribution in [1.82, 2.24) is 0 Å². The predicted molar refractivity (Wildman–Crippen MR) is 73.9 cm³/mol. The summed E-state index contributed by atoms with van der Waals surface area (Å²) < 4.78 is 0. The van der Waals surface area contributed by atoms with Crippen LogP contribution in [0.25, 0.3) is 0 Å².